The fourth-order valence-corrected chi connectivity index (χ4v) is 2.06. The minimum absolute atomic E-state index is 0.245. The topological polar surface area (TPSA) is 27.0 Å². The van der Waals surface area contributed by atoms with Gasteiger partial charge in [-0.2, -0.15) is 5.26 Å². The molecule has 0 atom stereocenters. The van der Waals surface area contributed by atoms with Crippen LogP contribution in [-0.2, 0) is 6.54 Å². The maximum absolute atomic E-state index is 13.6. The highest BCUT2D eigenvalue weighted by atomic mass is 35.5. The summed E-state index contributed by atoms with van der Waals surface area (Å²) in [5.74, 6) is 0.232. The molecule has 4 heteroatoms. The number of nitriles is 1. The Balaban J connectivity index is 2.75. The Hall–Kier alpha value is -1.11. The summed E-state index contributed by atoms with van der Waals surface area (Å²) in [6, 6.07) is 6.70. The molecule has 0 spiro atoms. The number of nitrogens with zero attached hydrogens (tertiary/aromatic N) is 2. The molecule has 0 heterocycles. The van der Waals surface area contributed by atoms with Gasteiger partial charge in [-0.25, -0.2) is 4.39 Å². The summed E-state index contributed by atoms with van der Waals surface area (Å²) in [5, 5.41) is 9.18. The molecule has 2 nitrogen and oxygen atoms in total. The molecule has 1 aromatic rings. The highest BCUT2D eigenvalue weighted by Gasteiger charge is 2.11. The highest BCUT2D eigenvalue weighted by molar-refractivity contribution is 6.30. The van der Waals surface area contributed by atoms with Crippen LogP contribution in [0.2, 0.25) is 5.02 Å². The van der Waals surface area contributed by atoms with E-state index >= 15 is 0 Å². The molecule has 0 radical (unpaired) electrons. The van der Waals surface area contributed by atoms with Gasteiger partial charge in [0, 0.05) is 36.6 Å². The van der Waals surface area contributed by atoms with Crippen LogP contribution in [0.1, 0.15) is 25.8 Å². The van der Waals surface area contributed by atoms with Crippen molar-refractivity contribution in [3.05, 3.63) is 34.6 Å². The maximum Gasteiger partial charge on any atom is 0.127 e. The first kappa shape index (κ1) is 14.9. The van der Waals surface area contributed by atoms with Crippen molar-refractivity contribution in [2.45, 2.75) is 26.8 Å². The van der Waals surface area contributed by atoms with E-state index < -0.39 is 0 Å². The molecule has 0 N–H and O–H groups in total. The predicted molar refractivity (Wildman–Crippen MR) is 71.8 cm³/mol. The summed E-state index contributed by atoms with van der Waals surface area (Å²) < 4.78 is 13.6. The van der Waals surface area contributed by atoms with Gasteiger partial charge in [0.1, 0.15) is 5.82 Å². The lowest BCUT2D eigenvalue weighted by Gasteiger charge is -2.23. The van der Waals surface area contributed by atoms with Crippen LogP contribution in [0.15, 0.2) is 18.2 Å². The molecule has 0 aromatic heterocycles. The molecule has 0 aliphatic rings. The number of hydrogen-bond acceptors (Lipinski definition) is 2. The van der Waals surface area contributed by atoms with Crippen LogP contribution in [0.3, 0.4) is 0 Å². The smallest absolute Gasteiger partial charge is 0.127 e. The Morgan fingerprint density at radius 1 is 1.44 bits per heavy atom. The molecule has 98 valence electrons. The zero-order valence-electron chi connectivity index (χ0n) is 10.8. The molecule has 0 aliphatic heterocycles. The SMILES string of the molecule is CC(C)CN(CCC#N)Cc1cc(Cl)ccc1F. The lowest BCUT2D eigenvalue weighted by Crippen LogP contribution is -2.28. The number of hydrogen-bond donors (Lipinski definition) is 0. The van der Waals surface area contributed by atoms with Crippen molar-refractivity contribution in [3.63, 3.8) is 0 Å². The third-order valence-corrected chi connectivity index (χ3v) is 2.80. The molecule has 18 heavy (non-hydrogen) atoms. The van der Waals surface area contributed by atoms with E-state index in [4.69, 9.17) is 16.9 Å². The van der Waals surface area contributed by atoms with E-state index in [1.807, 2.05) is 0 Å². The van der Waals surface area contributed by atoms with E-state index in [-0.39, 0.29) is 5.82 Å². The average molecular weight is 269 g/mol. The van der Waals surface area contributed by atoms with Gasteiger partial charge in [0.25, 0.3) is 0 Å². The lowest BCUT2D eigenvalue weighted by molar-refractivity contribution is 0.238. The van der Waals surface area contributed by atoms with Crippen LogP contribution in [0.25, 0.3) is 0 Å². The van der Waals surface area contributed by atoms with Gasteiger partial charge in [-0.05, 0) is 24.1 Å². The average Bonchev–Trinajstić information content (AvgIpc) is 2.30. The minimum atomic E-state index is -0.245. The maximum atomic E-state index is 13.6. The first-order valence-corrected chi connectivity index (χ1v) is 6.44. The summed E-state index contributed by atoms with van der Waals surface area (Å²) in [5.41, 5.74) is 0.584. The normalized spacial score (nSPS) is 10.9. The van der Waals surface area contributed by atoms with E-state index in [9.17, 15) is 4.39 Å². The second-order valence-electron chi connectivity index (χ2n) is 4.77. The fraction of sp³-hybridized carbons (Fsp3) is 0.500. The Kier molecular flexibility index (Phi) is 6.11. The second-order valence-corrected chi connectivity index (χ2v) is 5.21. The fourth-order valence-electron chi connectivity index (χ4n) is 1.86. The summed E-state index contributed by atoms with van der Waals surface area (Å²) in [6.07, 6.45) is 0.453. The van der Waals surface area contributed by atoms with E-state index in [2.05, 4.69) is 24.8 Å². The molecular formula is C14H18ClFN2. The highest BCUT2D eigenvalue weighted by Crippen LogP contribution is 2.17. The molecule has 0 aliphatic carbocycles. The van der Waals surface area contributed by atoms with Crippen LogP contribution in [-0.4, -0.2) is 18.0 Å². The zero-order chi connectivity index (χ0) is 13.5. The van der Waals surface area contributed by atoms with Crippen molar-refractivity contribution in [3.8, 4) is 6.07 Å². The van der Waals surface area contributed by atoms with Crippen LogP contribution in [0.5, 0.6) is 0 Å². The zero-order valence-corrected chi connectivity index (χ0v) is 11.5. The Labute approximate surface area is 113 Å². The summed E-state index contributed by atoms with van der Waals surface area (Å²) in [6.45, 7) is 6.20. The molecule has 0 bridgehead atoms. The molecule has 0 saturated heterocycles. The molecule has 1 rings (SSSR count). The van der Waals surface area contributed by atoms with Gasteiger partial charge in [-0.15, -0.1) is 0 Å². The van der Waals surface area contributed by atoms with Crippen LogP contribution >= 0.6 is 11.6 Å². The molecular weight excluding hydrogens is 251 g/mol. The van der Waals surface area contributed by atoms with Gasteiger partial charge in [0.15, 0.2) is 0 Å². The van der Waals surface area contributed by atoms with Crippen molar-refractivity contribution < 1.29 is 4.39 Å². The molecule has 0 saturated carbocycles. The number of halogens is 2. The Bertz CT molecular complexity index is 426. The quantitative estimate of drug-likeness (QED) is 0.784. The third-order valence-electron chi connectivity index (χ3n) is 2.56. The lowest BCUT2D eigenvalue weighted by atomic mass is 10.1. The first-order valence-electron chi connectivity index (χ1n) is 6.06. The van der Waals surface area contributed by atoms with E-state index in [0.717, 1.165) is 6.54 Å². The molecule has 1 aromatic carbocycles. The second kappa shape index (κ2) is 7.35. The Morgan fingerprint density at radius 3 is 2.78 bits per heavy atom. The van der Waals surface area contributed by atoms with Gasteiger partial charge in [0.05, 0.1) is 6.07 Å². The monoisotopic (exact) mass is 268 g/mol. The van der Waals surface area contributed by atoms with Gasteiger partial charge >= 0.3 is 0 Å². The first-order chi connectivity index (χ1) is 8.52. The van der Waals surface area contributed by atoms with Crippen LogP contribution in [0, 0.1) is 23.1 Å². The molecule has 0 fully saturated rings. The van der Waals surface area contributed by atoms with Crippen molar-refractivity contribution in [1.29, 1.82) is 5.26 Å². The predicted octanol–water partition coefficient (Wildman–Crippen LogP) is 3.85. The van der Waals surface area contributed by atoms with Crippen molar-refractivity contribution in [1.82, 2.24) is 4.90 Å². The van der Waals surface area contributed by atoms with Gasteiger partial charge in [-0.3, -0.25) is 4.90 Å². The summed E-state index contributed by atoms with van der Waals surface area (Å²) in [4.78, 5) is 2.09. The number of rotatable bonds is 6. The van der Waals surface area contributed by atoms with Gasteiger partial charge in [0.2, 0.25) is 0 Å². The molecule has 0 unspecified atom stereocenters. The van der Waals surface area contributed by atoms with E-state index in [1.165, 1.54) is 6.07 Å². The van der Waals surface area contributed by atoms with Crippen molar-refractivity contribution >= 4 is 11.6 Å². The summed E-state index contributed by atoms with van der Waals surface area (Å²) in [7, 11) is 0. The van der Waals surface area contributed by atoms with Crippen molar-refractivity contribution in [2.75, 3.05) is 13.1 Å². The van der Waals surface area contributed by atoms with Crippen molar-refractivity contribution in [2.24, 2.45) is 5.92 Å². The van der Waals surface area contributed by atoms with E-state index in [0.29, 0.717) is 36.0 Å². The largest absolute Gasteiger partial charge is 0.298 e. The minimum Gasteiger partial charge on any atom is -0.298 e. The van der Waals surface area contributed by atoms with Crippen LogP contribution in [0.4, 0.5) is 4.39 Å². The molecule has 0 amide bonds. The summed E-state index contributed by atoms with van der Waals surface area (Å²) >= 11 is 5.87. The Morgan fingerprint density at radius 2 is 2.17 bits per heavy atom. The standard InChI is InChI=1S/C14H18ClFN2/c1-11(2)9-18(7-3-6-17)10-12-8-13(15)4-5-14(12)16/h4-5,8,11H,3,7,9-10H2,1-2H3. The van der Waals surface area contributed by atoms with Gasteiger partial charge in [-0.1, -0.05) is 25.4 Å². The van der Waals surface area contributed by atoms with Crippen LogP contribution < -0.4 is 0 Å². The van der Waals surface area contributed by atoms with E-state index in [1.54, 1.807) is 12.1 Å². The number of benzene rings is 1. The third kappa shape index (κ3) is 5.03. The van der Waals surface area contributed by atoms with Gasteiger partial charge < -0.3 is 0 Å².